The first-order chi connectivity index (χ1) is 9.08. The molecule has 4 N–H and O–H groups in total. The molecule has 2 rings (SSSR count). The topological polar surface area (TPSA) is 95.0 Å². The number of aryl methyl sites for hydroxylation is 2. The highest BCUT2D eigenvalue weighted by atomic mass is 16.4. The summed E-state index contributed by atoms with van der Waals surface area (Å²) >= 11 is 0. The largest absolute Gasteiger partial charge is 0.409 e. The lowest BCUT2D eigenvalue weighted by Gasteiger charge is -2.26. The molecule has 1 aromatic heterocycles. The summed E-state index contributed by atoms with van der Waals surface area (Å²) in [4.78, 5) is 6.58. The molecule has 6 nitrogen and oxygen atoms in total. The zero-order chi connectivity index (χ0) is 14.0. The number of anilines is 1. The van der Waals surface area contributed by atoms with Crippen molar-refractivity contribution < 1.29 is 10.3 Å². The Hall–Kier alpha value is -1.82. The molecular weight excluding hydrogens is 244 g/mol. The van der Waals surface area contributed by atoms with Gasteiger partial charge in [0.25, 0.3) is 0 Å². The molecule has 1 saturated carbocycles. The molecule has 0 aromatic carbocycles. The number of aliphatic hydroxyl groups excluding tert-OH is 1. The Balaban J connectivity index is 2.52. The molecule has 1 fully saturated rings. The SMILES string of the molecule is Cc1cc(C)c(C(N)=NO)c(N(CCO)C2CC2)n1. The van der Waals surface area contributed by atoms with Gasteiger partial charge in [0.05, 0.1) is 12.2 Å². The van der Waals surface area contributed by atoms with Crippen molar-refractivity contribution in [2.75, 3.05) is 18.1 Å². The van der Waals surface area contributed by atoms with E-state index in [1.165, 1.54) is 0 Å². The minimum absolute atomic E-state index is 0.0563. The van der Waals surface area contributed by atoms with Crippen molar-refractivity contribution in [3.8, 4) is 0 Å². The molecule has 0 unspecified atom stereocenters. The van der Waals surface area contributed by atoms with Gasteiger partial charge in [-0.3, -0.25) is 0 Å². The minimum atomic E-state index is 0.0563. The third kappa shape index (κ3) is 2.78. The van der Waals surface area contributed by atoms with E-state index in [1.807, 2.05) is 24.8 Å². The van der Waals surface area contributed by atoms with Crippen molar-refractivity contribution in [2.45, 2.75) is 32.7 Å². The normalized spacial score (nSPS) is 15.6. The average Bonchev–Trinajstić information content (AvgIpc) is 3.18. The summed E-state index contributed by atoms with van der Waals surface area (Å²) in [5.41, 5.74) is 8.22. The van der Waals surface area contributed by atoms with Crippen molar-refractivity contribution in [3.63, 3.8) is 0 Å². The molecule has 0 spiro atoms. The summed E-state index contributed by atoms with van der Waals surface area (Å²) in [6.45, 7) is 4.39. The summed E-state index contributed by atoms with van der Waals surface area (Å²) < 4.78 is 0. The highest BCUT2D eigenvalue weighted by molar-refractivity contribution is 6.02. The van der Waals surface area contributed by atoms with Crippen molar-refractivity contribution in [1.82, 2.24) is 4.98 Å². The fourth-order valence-corrected chi connectivity index (χ4v) is 2.35. The first-order valence-corrected chi connectivity index (χ1v) is 6.42. The van der Waals surface area contributed by atoms with Gasteiger partial charge >= 0.3 is 0 Å². The third-order valence-electron chi connectivity index (χ3n) is 3.29. The Labute approximate surface area is 112 Å². The van der Waals surface area contributed by atoms with Gasteiger partial charge in [0.2, 0.25) is 0 Å². The first kappa shape index (κ1) is 13.6. The molecule has 1 heterocycles. The number of pyridine rings is 1. The molecule has 19 heavy (non-hydrogen) atoms. The maximum Gasteiger partial charge on any atom is 0.174 e. The van der Waals surface area contributed by atoms with Gasteiger partial charge in [-0.05, 0) is 38.3 Å². The average molecular weight is 264 g/mol. The molecule has 0 bridgehead atoms. The van der Waals surface area contributed by atoms with E-state index >= 15 is 0 Å². The number of hydrogen-bond acceptors (Lipinski definition) is 5. The number of hydrogen-bond donors (Lipinski definition) is 3. The van der Waals surface area contributed by atoms with E-state index in [0.717, 1.165) is 24.1 Å². The van der Waals surface area contributed by atoms with Gasteiger partial charge in [-0.2, -0.15) is 0 Å². The fraction of sp³-hybridized carbons (Fsp3) is 0.538. The van der Waals surface area contributed by atoms with Crippen LogP contribution in [0, 0.1) is 13.8 Å². The Morgan fingerprint density at radius 3 is 2.74 bits per heavy atom. The molecule has 0 aliphatic heterocycles. The number of rotatable bonds is 5. The molecule has 1 aromatic rings. The molecule has 1 aliphatic rings. The quantitative estimate of drug-likeness (QED) is 0.316. The van der Waals surface area contributed by atoms with E-state index in [2.05, 4.69) is 10.1 Å². The smallest absolute Gasteiger partial charge is 0.174 e. The van der Waals surface area contributed by atoms with Gasteiger partial charge in [-0.25, -0.2) is 4.98 Å². The van der Waals surface area contributed by atoms with Crippen LogP contribution in [0.3, 0.4) is 0 Å². The number of nitrogens with two attached hydrogens (primary N) is 1. The second kappa shape index (κ2) is 5.44. The van der Waals surface area contributed by atoms with Crippen molar-refractivity contribution in [1.29, 1.82) is 0 Å². The van der Waals surface area contributed by atoms with Gasteiger partial charge in [-0.15, -0.1) is 0 Å². The van der Waals surface area contributed by atoms with Crippen molar-refractivity contribution in [3.05, 3.63) is 22.9 Å². The van der Waals surface area contributed by atoms with Gasteiger partial charge < -0.3 is 20.9 Å². The van der Waals surface area contributed by atoms with Crippen LogP contribution in [-0.4, -0.2) is 40.3 Å². The zero-order valence-corrected chi connectivity index (χ0v) is 11.3. The minimum Gasteiger partial charge on any atom is -0.409 e. The third-order valence-corrected chi connectivity index (χ3v) is 3.29. The molecule has 1 aliphatic carbocycles. The fourth-order valence-electron chi connectivity index (χ4n) is 2.35. The Kier molecular flexibility index (Phi) is 3.90. The van der Waals surface area contributed by atoms with Gasteiger partial charge in [0.1, 0.15) is 5.82 Å². The van der Waals surface area contributed by atoms with Crippen LogP contribution in [0.15, 0.2) is 11.2 Å². The van der Waals surface area contributed by atoms with Crippen LogP contribution in [0.4, 0.5) is 5.82 Å². The number of nitrogens with zero attached hydrogens (tertiary/aromatic N) is 3. The maximum absolute atomic E-state index is 9.22. The number of oxime groups is 1. The molecule has 104 valence electrons. The van der Waals surface area contributed by atoms with Crippen LogP contribution >= 0.6 is 0 Å². The van der Waals surface area contributed by atoms with Crippen LogP contribution in [0.5, 0.6) is 0 Å². The standard InChI is InChI=1S/C13H20N4O2/c1-8-7-9(2)15-13(11(8)12(14)16-19)17(5-6-18)10-3-4-10/h7,10,18-19H,3-6H2,1-2H3,(H2,14,16). The van der Waals surface area contributed by atoms with E-state index in [4.69, 9.17) is 10.9 Å². The monoisotopic (exact) mass is 264 g/mol. The van der Waals surface area contributed by atoms with Crippen molar-refractivity contribution >= 4 is 11.7 Å². The van der Waals surface area contributed by atoms with E-state index in [9.17, 15) is 5.11 Å². The van der Waals surface area contributed by atoms with Crippen molar-refractivity contribution in [2.24, 2.45) is 10.9 Å². The van der Waals surface area contributed by atoms with Crippen LogP contribution in [0.2, 0.25) is 0 Å². The lowest BCUT2D eigenvalue weighted by Crippen LogP contribution is -2.33. The van der Waals surface area contributed by atoms with Crippen LogP contribution in [-0.2, 0) is 0 Å². The predicted octanol–water partition coefficient (Wildman–Crippen LogP) is 0.754. The summed E-state index contributed by atoms with van der Waals surface area (Å²) in [5, 5.41) is 21.3. The number of aliphatic hydroxyl groups is 1. The van der Waals surface area contributed by atoms with E-state index in [-0.39, 0.29) is 12.4 Å². The predicted molar refractivity (Wildman–Crippen MR) is 73.7 cm³/mol. The summed E-state index contributed by atoms with van der Waals surface area (Å²) in [6.07, 6.45) is 2.18. The Bertz CT molecular complexity index is 498. The lowest BCUT2D eigenvalue weighted by molar-refractivity contribution is 0.301. The van der Waals surface area contributed by atoms with E-state index < -0.39 is 0 Å². The van der Waals surface area contributed by atoms with E-state index in [1.54, 1.807) is 0 Å². The van der Waals surface area contributed by atoms with Crippen LogP contribution < -0.4 is 10.6 Å². The highest BCUT2D eigenvalue weighted by Gasteiger charge is 2.32. The number of aromatic nitrogens is 1. The molecule has 0 atom stereocenters. The Morgan fingerprint density at radius 1 is 1.53 bits per heavy atom. The molecule has 6 heteroatoms. The molecular formula is C13H20N4O2. The van der Waals surface area contributed by atoms with Crippen LogP contribution in [0.1, 0.15) is 29.7 Å². The van der Waals surface area contributed by atoms with Gasteiger partial charge in [0.15, 0.2) is 5.84 Å². The second-order valence-electron chi connectivity index (χ2n) is 4.91. The van der Waals surface area contributed by atoms with Gasteiger partial charge in [-0.1, -0.05) is 5.16 Å². The van der Waals surface area contributed by atoms with E-state index in [0.29, 0.717) is 24.0 Å². The lowest BCUT2D eigenvalue weighted by atomic mass is 10.1. The first-order valence-electron chi connectivity index (χ1n) is 6.42. The zero-order valence-electron chi connectivity index (χ0n) is 11.3. The molecule has 0 amide bonds. The summed E-state index contributed by atoms with van der Waals surface area (Å²) in [6, 6.07) is 2.30. The van der Waals surface area contributed by atoms with Crippen LogP contribution in [0.25, 0.3) is 0 Å². The second-order valence-corrected chi connectivity index (χ2v) is 4.91. The molecule has 0 radical (unpaired) electrons. The summed E-state index contributed by atoms with van der Waals surface area (Å²) in [7, 11) is 0. The summed E-state index contributed by atoms with van der Waals surface area (Å²) in [5.74, 6) is 0.757. The molecule has 0 saturated heterocycles. The highest BCUT2D eigenvalue weighted by Crippen LogP contribution is 2.33. The maximum atomic E-state index is 9.22. The number of amidine groups is 1. The Morgan fingerprint density at radius 2 is 2.21 bits per heavy atom. The van der Waals surface area contributed by atoms with Gasteiger partial charge in [0, 0.05) is 18.3 Å².